The average molecular weight is 265 g/mol. The van der Waals surface area contributed by atoms with E-state index in [0.29, 0.717) is 11.4 Å². The number of aromatic carboxylic acids is 1. The largest absolute Gasteiger partial charge is 0.478 e. The Hall–Kier alpha value is -2.71. The van der Waals surface area contributed by atoms with E-state index in [2.05, 4.69) is 10.1 Å². The van der Waals surface area contributed by atoms with Gasteiger partial charge in [-0.05, 0) is 23.8 Å². The molecule has 2 aromatic rings. The molecule has 0 aliphatic rings. The second-order valence-corrected chi connectivity index (χ2v) is 4.02. The molecule has 2 heterocycles. The molecule has 2 aromatic heterocycles. The first kappa shape index (κ1) is 12.7. The van der Waals surface area contributed by atoms with Crippen molar-refractivity contribution in [1.82, 2.24) is 19.3 Å². The highest BCUT2D eigenvalue weighted by Crippen LogP contribution is 2.24. The van der Waals surface area contributed by atoms with Crippen molar-refractivity contribution < 1.29 is 14.8 Å². The fourth-order valence-corrected chi connectivity index (χ4v) is 1.94. The smallest absolute Gasteiger partial charge is 0.408 e. The van der Waals surface area contributed by atoms with Crippen molar-refractivity contribution in [3.8, 4) is 5.82 Å². The fraction of sp³-hybridized carbons (Fsp3) is 0.300. The second kappa shape index (κ2) is 4.19. The highest BCUT2D eigenvalue weighted by atomic mass is 16.6. The summed E-state index contributed by atoms with van der Waals surface area (Å²) in [5, 5.41) is 24.1. The first-order valence-electron chi connectivity index (χ1n) is 5.30. The van der Waals surface area contributed by atoms with Crippen LogP contribution in [0.25, 0.3) is 5.82 Å². The standard InChI is InChI=1S/C10H11N5O4/c1-5-7(10(16)17)6(2)14(12-5)9-8(15(18)19)11-4-13(9)3/h4H,1-3H3,(H,16,17). The zero-order valence-corrected chi connectivity index (χ0v) is 10.5. The Morgan fingerprint density at radius 3 is 2.58 bits per heavy atom. The highest BCUT2D eigenvalue weighted by molar-refractivity contribution is 5.90. The average Bonchev–Trinajstić information content (AvgIpc) is 2.79. The molecule has 0 fully saturated rings. The van der Waals surface area contributed by atoms with E-state index >= 15 is 0 Å². The van der Waals surface area contributed by atoms with Gasteiger partial charge in [0.2, 0.25) is 12.1 Å². The van der Waals surface area contributed by atoms with E-state index in [1.54, 1.807) is 14.0 Å². The fourth-order valence-electron chi connectivity index (χ4n) is 1.94. The van der Waals surface area contributed by atoms with Gasteiger partial charge in [-0.25, -0.2) is 9.48 Å². The van der Waals surface area contributed by atoms with Gasteiger partial charge in [0.05, 0.1) is 11.4 Å². The summed E-state index contributed by atoms with van der Waals surface area (Å²) < 4.78 is 2.65. The van der Waals surface area contributed by atoms with Crippen molar-refractivity contribution in [1.29, 1.82) is 0 Å². The third-order valence-corrected chi connectivity index (χ3v) is 2.77. The first-order valence-corrected chi connectivity index (χ1v) is 5.30. The lowest BCUT2D eigenvalue weighted by molar-refractivity contribution is -0.389. The van der Waals surface area contributed by atoms with Gasteiger partial charge in [-0.15, -0.1) is 0 Å². The molecule has 0 aliphatic carbocycles. The predicted molar refractivity (Wildman–Crippen MR) is 63.4 cm³/mol. The summed E-state index contributed by atoms with van der Waals surface area (Å²) >= 11 is 0. The lowest BCUT2D eigenvalue weighted by Gasteiger charge is -2.04. The number of imidazole rings is 1. The molecule has 100 valence electrons. The zero-order chi connectivity index (χ0) is 14.3. The number of carboxylic acids is 1. The number of carboxylic acid groups (broad SMARTS) is 1. The van der Waals surface area contributed by atoms with Crippen molar-refractivity contribution in [2.45, 2.75) is 13.8 Å². The van der Waals surface area contributed by atoms with Gasteiger partial charge in [0.25, 0.3) is 0 Å². The number of carbonyl (C=O) groups is 1. The van der Waals surface area contributed by atoms with Crippen LogP contribution in [0.1, 0.15) is 21.7 Å². The van der Waals surface area contributed by atoms with E-state index < -0.39 is 10.9 Å². The van der Waals surface area contributed by atoms with Crippen LogP contribution in [0.2, 0.25) is 0 Å². The third kappa shape index (κ3) is 1.84. The van der Waals surface area contributed by atoms with Crippen LogP contribution >= 0.6 is 0 Å². The molecule has 0 aromatic carbocycles. The molecule has 0 amide bonds. The van der Waals surface area contributed by atoms with E-state index in [-0.39, 0.29) is 17.2 Å². The van der Waals surface area contributed by atoms with E-state index in [1.807, 2.05) is 0 Å². The van der Waals surface area contributed by atoms with Gasteiger partial charge in [-0.1, -0.05) is 0 Å². The summed E-state index contributed by atoms with van der Waals surface area (Å²) in [5.41, 5.74) is 0.646. The molecule has 1 N–H and O–H groups in total. The van der Waals surface area contributed by atoms with Crippen molar-refractivity contribution in [3.63, 3.8) is 0 Å². The molecule has 0 bridgehead atoms. The van der Waals surface area contributed by atoms with Gasteiger partial charge < -0.3 is 15.2 Å². The molecule has 0 aliphatic heterocycles. The lowest BCUT2D eigenvalue weighted by atomic mass is 10.2. The Morgan fingerprint density at radius 1 is 1.47 bits per heavy atom. The van der Waals surface area contributed by atoms with Gasteiger partial charge >= 0.3 is 11.8 Å². The molecule has 2 rings (SSSR count). The number of nitro groups is 1. The first-order chi connectivity index (χ1) is 8.84. The molecule has 0 radical (unpaired) electrons. The summed E-state index contributed by atoms with van der Waals surface area (Å²) in [7, 11) is 1.58. The Bertz CT molecular complexity index is 684. The maximum absolute atomic E-state index is 11.1. The molecular weight excluding hydrogens is 254 g/mol. The maximum atomic E-state index is 11.1. The number of rotatable bonds is 3. The van der Waals surface area contributed by atoms with E-state index in [9.17, 15) is 14.9 Å². The van der Waals surface area contributed by atoms with Crippen molar-refractivity contribution in [3.05, 3.63) is 33.4 Å². The summed E-state index contributed by atoms with van der Waals surface area (Å²) in [4.78, 5) is 25.1. The van der Waals surface area contributed by atoms with Crippen molar-refractivity contribution in [2.24, 2.45) is 7.05 Å². The Labute approximate surface area is 107 Å². The van der Waals surface area contributed by atoms with Gasteiger partial charge in [-0.3, -0.25) is 4.57 Å². The van der Waals surface area contributed by atoms with Crippen molar-refractivity contribution in [2.75, 3.05) is 0 Å². The summed E-state index contributed by atoms with van der Waals surface area (Å²) in [6.07, 6.45) is 1.28. The normalized spacial score (nSPS) is 10.7. The molecule has 0 saturated carbocycles. The summed E-state index contributed by atoms with van der Waals surface area (Å²) in [5.74, 6) is -1.37. The Morgan fingerprint density at radius 2 is 2.11 bits per heavy atom. The van der Waals surface area contributed by atoms with Crippen molar-refractivity contribution >= 4 is 11.8 Å². The van der Waals surface area contributed by atoms with Gasteiger partial charge in [-0.2, -0.15) is 5.10 Å². The molecule has 0 unspecified atom stereocenters. The summed E-state index contributed by atoms with van der Waals surface area (Å²) in [6.45, 7) is 3.08. The van der Waals surface area contributed by atoms with Crippen LogP contribution < -0.4 is 0 Å². The number of aromatic nitrogens is 4. The number of hydrogen-bond acceptors (Lipinski definition) is 5. The Balaban J connectivity index is 2.74. The minimum absolute atomic E-state index is 0.0375. The van der Waals surface area contributed by atoms with Crippen LogP contribution in [-0.4, -0.2) is 35.3 Å². The van der Waals surface area contributed by atoms with Crippen LogP contribution in [-0.2, 0) is 7.05 Å². The molecular formula is C10H11N5O4. The van der Waals surface area contributed by atoms with Crippen LogP contribution in [0.15, 0.2) is 6.33 Å². The topological polar surface area (TPSA) is 116 Å². The molecule has 0 atom stereocenters. The Kier molecular flexibility index (Phi) is 2.81. The molecule has 9 heteroatoms. The maximum Gasteiger partial charge on any atom is 0.408 e. The molecule has 0 spiro atoms. The zero-order valence-electron chi connectivity index (χ0n) is 10.5. The quantitative estimate of drug-likeness (QED) is 0.649. The number of nitrogens with zero attached hydrogens (tertiary/aromatic N) is 5. The molecule has 0 saturated heterocycles. The van der Waals surface area contributed by atoms with Gasteiger partial charge in [0, 0.05) is 7.05 Å². The number of hydrogen-bond donors (Lipinski definition) is 1. The SMILES string of the molecule is Cc1nn(-c2c([N+](=O)[O-])ncn2C)c(C)c1C(=O)O. The monoisotopic (exact) mass is 265 g/mol. The van der Waals surface area contributed by atoms with Crippen LogP contribution in [0.4, 0.5) is 5.82 Å². The minimum Gasteiger partial charge on any atom is -0.478 e. The molecule has 9 nitrogen and oxygen atoms in total. The molecule has 19 heavy (non-hydrogen) atoms. The predicted octanol–water partition coefficient (Wildman–Crippen LogP) is 0.829. The third-order valence-electron chi connectivity index (χ3n) is 2.77. The van der Waals surface area contributed by atoms with Gasteiger partial charge in [0.15, 0.2) is 0 Å². The second-order valence-electron chi connectivity index (χ2n) is 4.02. The minimum atomic E-state index is -1.12. The highest BCUT2D eigenvalue weighted by Gasteiger charge is 2.27. The van der Waals surface area contributed by atoms with E-state index in [1.165, 1.54) is 22.5 Å². The lowest BCUT2D eigenvalue weighted by Crippen LogP contribution is -2.08. The van der Waals surface area contributed by atoms with Gasteiger partial charge in [0.1, 0.15) is 5.56 Å². The van der Waals surface area contributed by atoms with Crippen LogP contribution in [0.3, 0.4) is 0 Å². The van der Waals surface area contributed by atoms with E-state index in [0.717, 1.165) is 0 Å². The summed E-state index contributed by atoms with van der Waals surface area (Å²) in [6, 6.07) is 0. The van der Waals surface area contributed by atoms with Crippen LogP contribution in [0, 0.1) is 24.0 Å². The van der Waals surface area contributed by atoms with E-state index in [4.69, 9.17) is 5.11 Å². The van der Waals surface area contributed by atoms with Crippen LogP contribution in [0.5, 0.6) is 0 Å². The number of aryl methyl sites for hydroxylation is 2.